The van der Waals surface area contributed by atoms with Crippen LogP contribution in [0.25, 0.3) is 0 Å². The molecular weight excluding hydrogens is 278 g/mol. The van der Waals surface area contributed by atoms with Crippen molar-refractivity contribution in [2.75, 3.05) is 26.0 Å². The van der Waals surface area contributed by atoms with E-state index in [9.17, 15) is 14.1 Å². The molecule has 1 aliphatic heterocycles. The number of rotatable bonds is 5. The molecule has 0 saturated carbocycles. The summed E-state index contributed by atoms with van der Waals surface area (Å²) in [7, 11) is 0.244. The van der Waals surface area contributed by atoms with E-state index >= 15 is 0 Å². The van der Waals surface area contributed by atoms with Crippen LogP contribution >= 0.6 is 0 Å². The second-order valence-corrected chi connectivity index (χ2v) is 6.36. The number of aliphatic hydroxyl groups is 1. The molecule has 0 spiro atoms. The molecule has 0 amide bonds. The number of benzene rings is 1. The summed E-state index contributed by atoms with van der Waals surface area (Å²) in [5, 5.41) is 9.67. The van der Waals surface area contributed by atoms with E-state index in [1.807, 2.05) is 35.2 Å². The minimum absolute atomic E-state index is 0.341. The van der Waals surface area contributed by atoms with Crippen molar-refractivity contribution in [2.24, 2.45) is 0 Å². The largest absolute Gasteiger partial charge is 0.468 e. The maximum atomic E-state index is 12.1. The van der Waals surface area contributed by atoms with E-state index in [1.165, 1.54) is 7.11 Å². The zero-order valence-corrected chi connectivity index (χ0v) is 12.2. The van der Waals surface area contributed by atoms with Gasteiger partial charge in [0.05, 0.1) is 24.0 Å². The smallest absolute Gasteiger partial charge is 0.323 e. The van der Waals surface area contributed by atoms with Gasteiger partial charge in [-0.1, -0.05) is 18.2 Å². The molecule has 110 valence electrons. The topological polar surface area (TPSA) is 66.8 Å². The first-order valence-corrected chi connectivity index (χ1v) is 7.87. The lowest BCUT2D eigenvalue weighted by molar-refractivity contribution is -0.145. The number of likely N-dealkylation sites (tertiary alicyclic amines) is 1. The molecule has 2 rings (SSSR count). The lowest BCUT2D eigenvalue weighted by Crippen LogP contribution is -2.39. The van der Waals surface area contributed by atoms with Crippen molar-refractivity contribution in [1.29, 1.82) is 0 Å². The summed E-state index contributed by atoms with van der Waals surface area (Å²) >= 11 is 0. The fraction of sp³-hybridized carbons (Fsp3) is 0.500. The van der Waals surface area contributed by atoms with Gasteiger partial charge < -0.3 is 9.84 Å². The number of ether oxygens (including phenoxy) is 1. The zero-order valence-electron chi connectivity index (χ0n) is 11.4. The standard InChI is InChI=1S/C14H19NO4S/c1-19-14(17)13-9-11(16)10-15(13)7-8-20(18)12-5-3-2-4-6-12/h2-6,11,13,16H,7-10H2,1H3/t11-,13+,20+/m1/s1. The Morgan fingerprint density at radius 2 is 2.15 bits per heavy atom. The number of hydrogen-bond donors (Lipinski definition) is 1. The summed E-state index contributed by atoms with van der Waals surface area (Å²) in [5.41, 5.74) is 0. The van der Waals surface area contributed by atoms with Gasteiger partial charge in [-0.05, 0) is 12.1 Å². The van der Waals surface area contributed by atoms with E-state index in [2.05, 4.69) is 0 Å². The summed E-state index contributed by atoms with van der Waals surface area (Å²) in [6, 6.07) is 8.81. The van der Waals surface area contributed by atoms with Gasteiger partial charge in [-0.15, -0.1) is 0 Å². The number of β-amino-alcohol motifs (C(OH)–C–C–N with tert-alkyl or cyclic N) is 1. The van der Waals surface area contributed by atoms with Gasteiger partial charge in [-0.3, -0.25) is 13.9 Å². The Balaban J connectivity index is 1.92. The lowest BCUT2D eigenvalue weighted by Gasteiger charge is -2.21. The molecule has 1 aromatic carbocycles. The van der Waals surface area contributed by atoms with Crippen molar-refractivity contribution in [3.63, 3.8) is 0 Å². The minimum atomic E-state index is -1.10. The molecule has 3 atom stereocenters. The first kappa shape index (κ1) is 15.2. The molecular formula is C14H19NO4S. The highest BCUT2D eigenvalue weighted by atomic mass is 32.2. The van der Waals surface area contributed by atoms with Gasteiger partial charge in [0.25, 0.3) is 0 Å². The maximum absolute atomic E-state index is 12.1. The number of methoxy groups -OCH3 is 1. The van der Waals surface area contributed by atoms with E-state index in [1.54, 1.807) is 0 Å². The van der Waals surface area contributed by atoms with Crippen LogP contribution in [0, 0.1) is 0 Å². The predicted octanol–water partition coefficient (Wildman–Crippen LogP) is 0.402. The van der Waals surface area contributed by atoms with Crippen molar-refractivity contribution in [2.45, 2.75) is 23.5 Å². The Labute approximate surface area is 121 Å². The van der Waals surface area contributed by atoms with Gasteiger partial charge in [-0.25, -0.2) is 0 Å². The fourth-order valence-electron chi connectivity index (χ4n) is 2.40. The zero-order chi connectivity index (χ0) is 14.5. The number of hydrogen-bond acceptors (Lipinski definition) is 5. The maximum Gasteiger partial charge on any atom is 0.323 e. The van der Waals surface area contributed by atoms with Crippen LogP contribution in [0.5, 0.6) is 0 Å². The van der Waals surface area contributed by atoms with E-state index in [0.717, 1.165) is 4.90 Å². The molecule has 0 radical (unpaired) electrons. The van der Waals surface area contributed by atoms with E-state index in [4.69, 9.17) is 4.74 Å². The monoisotopic (exact) mass is 297 g/mol. The number of aliphatic hydroxyl groups excluding tert-OH is 1. The van der Waals surface area contributed by atoms with Gasteiger partial charge in [0.15, 0.2) is 0 Å². The summed E-state index contributed by atoms with van der Waals surface area (Å²) in [4.78, 5) is 14.3. The molecule has 1 fully saturated rings. The normalized spacial score (nSPS) is 24.5. The second-order valence-electron chi connectivity index (χ2n) is 4.79. The third kappa shape index (κ3) is 3.65. The highest BCUT2D eigenvalue weighted by Crippen LogP contribution is 2.19. The number of carbonyl (C=O) groups is 1. The highest BCUT2D eigenvalue weighted by molar-refractivity contribution is 7.85. The first-order valence-electron chi connectivity index (χ1n) is 6.55. The Hall–Kier alpha value is -1.24. The van der Waals surface area contributed by atoms with Crippen molar-refractivity contribution < 1.29 is 18.8 Å². The van der Waals surface area contributed by atoms with E-state index < -0.39 is 22.9 Å². The molecule has 1 N–H and O–H groups in total. The van der Waals surface area contributed by atoms with Crippen LogP contribution in [0.2, 0.25) is 0 Å². The van der Waals surface area contributed by atoms with Crippen molar-refractivity contribution in [3.8, 4) is 0 Å². The first-order chi connectivity index (χ1) is 9.61. The van der Waals surface area contributed by atoms with Gasteiger partial charge in [0, 0.05) is 30.2 Å². The Kier molecular flexibility index (Phi) is 5.28. The number of carbonyl (C=O) groups excluding carboxylic acids is 1. The van der Waals surface area contributed by atoms with E-state index in [0.29, 0.717) is 25.3 Å². The molecule has 0 unspecified atom stereocenters. The predicted molar refractivity (Wildman–Crippen MR) is 75.7 cm³/mol. The molecule has 1 saturated heterocycles. The summed E-state index contributed by atoms with van der Waals surface area (Å²) in [5.74, 6) is 0.0940. The van der Waals surface area contributed by atoms with Gasteiger partial charge in [0.1, 0.15) is 6.04 Å². The minimum Gasteiger partial charge on any atom is -0.468 e. The highest BCUT2D eigenvalue weighted by Gasteiger charge is 2.36. The molecule has 0 aliphatic carbocycles. The Morgan fingerprint density at radius 1 is 1.45 bits per heavy atom. The van der Waals surface area contributed by atoms with Crippen molar-refractivity contribution in [3.05, 3.63) is 30.3 Å². The van der Waals surface area contributed by atoms with Crippen molar-refractivity contribution >= 4 is 16.8 Å². The summed E-state index contributed by atoms with van der Waals surface area (Å²) in [6.07, 6.45) is -0.144. The summed E-state index contributed by atoms with van der Waals surface area (Å²) < 4.78 is 16.9. The third-order valence-corrected chi connectivity index (χ3v) is 4.78. The molecule has 20 heavy (non-hydrogen) atoms. The van der Waals surface area contributed by atoms with Crippen LogP contribution < -0.4 is 0 Å². The number of esters is 1. The molecule has 5 nitrogen and oxygen atoms in total. The molecule has 1 aliphatic rings. The van der Waals surface area contributed by atoms with Crippen molar-refractivity contribution in [1.82, 2.24) is 4.90 Å². The van der Waals surface area contributed by atoms with Crippen LogP contribution in [0.1, 0.15) is 6.42 Å². The average Bonchev–Trinajstić information content (AvgIpc) is 2.86. The second kappa shape index (κ2) is 6.97. The quantitative estimate of drug-likeness (QED) is 0.797. The van der Waals surface area contributed by atoms with Crippen LogP contribution in [-0.4, -0.2) is 58.3 Å². The molecule has 1 aromatic rings. The molecule has 6 heteroatoms. The van der Waals surface area contributed by atoms with Gasteiger partial charge in [-0.2, -0.15) is 0 Å². The van der Waals surface area contributed by atoms with Crippen LogP contribution in [0.15, 0.2) is 35.2 Å². The fourth-order valence-corrected chi connectivity index (χ4v) is 3.49. The average molecular weight is 297 g/mol. The SMILES string of the molecule is COC(=O)[C@@H]1C[C@@H](O)CN1CC[S@](=O)c1ccccc1. The number of nitrogens with zero attached hydrogens (tertiary/aromatic N) is 1. The van der Waals surface area contributed by atoms with Crippen LogP contribution in [0.3, 0.4) is 0 Å². The molecule has 0 bridgehead atoms. The molecule has 0 aromatic heterocycles. The lowest BCUT2D eigenvalue weighted by atomic mass is 10.2. The molecule has 1 heterocycles. The van der Waals surface area contributed by atoms with E-state index in [-0.39, 0.29) is 5.97 Å². The Bertz CT molecular complexity index is 479. The van der Waals surface area contributed by atoms with Crippen LogP contribution in [-0.2, 0) is 20.3 Å². The third-order valence-electron chi connectivity index (χ3n) is 3.42. The summed E-state index contributed by atoms with van der Waals surface area (Å²) in [6.45, 7) is 0.921. The van der Waals surface area contributed by atoms with Crippen LogP contribution in [0.4, 0.5) is 0 Å². The van der Waals surface area contributed by atoms with Gasteiger partial charge in [0.2, 0.25) is 0 Å². The Morgan fingerprint density at radius 3 is 2.80 bits per heavy atom. The van der Waals surface area contributed by atoms with Gasteiger partial charge >= 0.3 is 5.97 Å².